The van der Waals surface area contributed by atoms with Crippen molar-refractivity contribution in [1.82, 2.24) is 10.3 Å². The minimum Gasteiger partial charge on any atom is -0.349 e. The molecule has 0 aliphatic carbocycles. The van der Waals surface area contributed by atoms with Crippen LogP contribution < -0.4 is 16.4 Å². The van der Waals surface area contributed by atoms with Gasteiger partial charge in [-0.15, -0.1) is 36.2 Å². The highest BCUT2D eigenvalue weighted by Gasteiger charge is 2.28. The van der Waals surface area contributed by atoms with E-state index in [0.717, 1.165) is 0 Å². The minimum absolute atomic E-state index is 0. The molecule has 1 aromatic heterocycles. The van der Waals surface area contributed by atoms with E-state index >= 15 is 0 Å². The van der Waals surface area contributed by atoms with Crippen LogP contribution in [0.5, 0.6) is 0 Å². The average Bonchev–Trinajstić information content (AvgIpc) is 2.85. The number of thiazole rings is 1. The van der Waals surface area contributed by atoms with E-state index in [1.807, 2.05) is 34.6 Å². The van der Waals surface area contributed by atoms with Crippen molar-refractivity contribution in [2.24, 2.45) is 17.6 Å². The maximum absolute atomic E-state index is 12.1. The van der Waals surface area contributed by atoms with Crippen molar-refractivity contribution in [3.8, 4) is 0 Å². The van der Waals surface area contributed by atoms with Crippen LogP contribution in [0.1, 0.15) is 40.3 Å². The van der Waals surface area contributed by atoms with Gasteiger partial charge in [0.05, 0.1) is 17.7 Å². The summed E-state index contributed by atoms with van der Waals surface area (Å²) in [5.41, 5.74) is 5.98. The van der Waals surface area contributed by atoms with E-state index in [0.29, 0.717) is 17.4 Å². The molecule has 0 bridgehead atoms. The molecule has 1 unspecified atom stereocenters. The molecule has 1 atom stereocenters. The summed E-state index contributed by atoms with van der Waals surface area (Å²) < 4.78 is 0. The zero-order valence-electron chi connectivity index (χ0n) is 14.7. The maximum Gasteiger partial charge on any atom is 0.228 e. The molecule has 24 heavy (non-hydrogen) atoms. The Hall–Kier alpha value is -0.890. The highest BCUT2D eigenvalue weighted by atomic mass is 35.5. The molecule has 6 nitrogen and oxygen atoms in total. The number of hydrogen-bond donors (Lipinski definition) is 3. The number of anilines is 1. The number of halogens is 2. The molecule has 1 rings (SSSR count). The van der Waals surface area contributed by atoms with E-state index in [4.69, 9.17) is 5.73 Å². The third-order valence-corrected chi connectivity index (χ3v) is 4.58. The normalized spacial score (nSPS) is 12.8. The molecule has 0 saturated heterocycles. The predicted molar refractivity (Wildman–Crippen MR) is 104 cm³/mol. The maximum atomic E-state index is 12.1. The molecule has 9 heteroatoms. The summed E-state index contributed by atoms with van der Waals surface area (Å²) in [6, 6.07) is 0. The average molecular weight is 399 g/mol. The highest BCUT2D eigenvalue weighted by Crippen LogP contribution is 2.18. The van der Waals surface area contributed by atoms with Gasteiger partial charge in [-0.1, -0.05) is 27.7 Å². The van der Waals surface area contributed by atoms with E-state index in [1.54, 1.807) is 5.38 Å². The van der Waals surface area contributed by atoms with Gasteiger partial charge in [0.15, 0.2) is 5.13 Å². The van der Waals surface area contributed by atoms with Crippen molar-refractivity contribution < 1.29 is 9.59 Å². The smallest absolute Gasteiger partial charge is 0.228 e. The molecule has 1 heterocycles. The van der Waals surface area contributed by atoms with Crippen LogP contribution in [0.2, 0.25) is 0 Å². The lowest BCUT2D eigenvalue weighted by Gasteiger charge is -2.33. The lowest BCUT2D eigenvalue weighted by molar-refractivity contribution is -0.122. The first-order valence-corrected chi connectivity index (χ1v) is 8.32. The van der Waals surface area contributed by atoms with Crippen LogP contribution in [-0.2, 0) is 16.0 Å². The fraction of sp³-hybridized carbons (Fsp3) is 0.667. The van der Waals surface area contributed by atoms with Crippen LogP contribution in [0.15, 0.2) is 5.38 Å². The first-order valence-electron chi connectivity index (χ1n) is 7.44. The summed E-state index contributed by atoms with van der Waals surface area (Å²) in [7, 11) is 0. The third-order valence-electron chi connectivity index (χ3n) is 3.77. The minimum atomic E-state index is -0.429. The Labute approximate surface area is 160 Å². The Morgan fingerprint density at radius 1 is 1.29 bits per heavy atom. The van der Waals surface area contributed by atoms with Gasteiger partial charge in [-0.2, -0.15) is 0 Å². The first-order chi connectivity index (χ1) is 10.2. The topological polar surface area (TPSA) is 97.1 Å². The SMILES string of the molecule is CC(C)C(=O)Nc1nc(CC(=O)NC(C)(CN)C(C)C)cs1.Cl.Cl. The van der Waals surface area contributed by atoms with E-state index in [-0.39, 0.29) is 54.9 Å². The van der Waals surface area contributed by atoms with Crippen molar-refractivity contribution in [3.63, 3.8) is 0 Å². The Balaban J connectivity index is 0. The second kappa shape index (κ2) is 10.9. The van der Waals surface area contributed by atoms with Gasteiger partial charge in [0.1, 0.15) is 0 Å². The fourth-order valence-corrected chi connectivity index (χ4v) is 2.37. The van der Waals surface area contributed by atoms with Crippen molar-refractivity contribution >= 4 is 53.1 Å². The van der Waals surface area contributed by atoms with Gasteiger partial charge in [0, 0.05) is 17.8 Å². The summed E-state index contributed by atoms with van der Waals surface area (Å²) in [5, 5.41) is 8.00. The molecule has 0 saturated carbocycles. The molecule has 4 N–H and O–H groups in total. The van der Waals surface area contributed by atoms with Gasteiger partial charge in [-0.25, -0.2) is 4.98 Å². The van der Waals surface area contributed by atoms with Crippen molar-refractivity contribution in [1.29, 1.82) is 0 Å². The molecule has 0 spiro atoms. The number of nitrogens with zero attached hydrogens (tertiary/aromatic N) is 1. The summed E-state index contributed by atoms with van der Waals surface area (Å²) in [6.07, 6.45) is 0.177. The Morgan fingerprint density at radius 3 is 2.33 bits per heavy atom. The monoisotopic (exact) mass is 398 g/mol. The van der Waals surface area contributed by atoms with Crippen LogP contribution in [0.3, 0.4) is 0 Å². The standard InChI is InChI=1S/C15H26N4O2S.2ClH/c1-9(2)13(21)18-14-17-11(7-22-14)6-12(20)19-15(5,8-16)10(3)4;;/h7,9-10H,6,8,16H2,1-5H3,(H,19,20)(H,17,18,21);2*1H. The quantitative estimate of drug-likeness (QED) is 0.657. The van der Waals surface area contributed by atoms with Gasteiger partial charge in [-0.3, -0.25) is 9.59 Å². The molecular formula is C15H28Cl2N4O2S. The largest absolute Gasteiger partial charge is 0.349 e. The summed E-state index contributed by atoms with van der Waals surface area (Å²) >= 11 is 1.32. The molecule has 0 aliphatic heterocycles. The van der Waals surface area contributed by atoms with Gasteiger partial charge in [-0.05, 0) is 12.8 Å². The number of carbonyl (C=O) groups excluding carboxylic acids is 2. The number of nitrogens with one attached hydrogen (secondary N) is 2. The Kier molecular flexibility index (Phi) is 11.5. The molecular weight excluding hydrogens is 371 g/mol. The third kappa shape index (κ3) is 7.34. The summed E-state index contributed by atoms with van der Waals surface area (Å²) in [6.45, 7) is 9.99. The van der Waals surface area contributed by atoms with Crippen molar-refractivity contribution in [2.75, 3.05) is 11.9 Å². The zero-order valence-corrected chi connectivity index (χ0v) is 17.2. The van der Waals surface area contributed by atoms with Crippen LogP contribution in [0.4, 0.5) is 5.13 Å². The lowest BCUT2D eigenvalue weighted by Crippen LogP contribution is -2.55. The molecule has 0 radical (unpaired) electrons. The van der Waals surface area contributed by atoms with Gasteiger partial charge < -0.3 is 16.4 Å². The first kappa shape index (κ1) is 25.4. The van der Waals surface area contributed by atoms with Crippen molar-refractivity contribution in [2.45, 2.75) is 46.6 Å². The zero-order chi connectivity index (χ0) is 16.9. The van der Waals surface area contributed by atoms with E-state index in [1.165, 1.54) is 11.3 Å². The number of amides is 2. The van der Waals surface area contributed by atoms with Gasteiger partial charge in [0.25, 0.3) is 0 Å². The second-order valence-corrected chi connectivity index (χ2v) is 7.15. The lowest BCUT2D eigenvalue weighted by atomic mass is 9.88. The number of rotatable bonds is 7. The van der Waals surface area contributed by atoms with Crippen LogP contribution >= 0.6 is 36.2 Å². The molecule has 1 aromatic rings. The number of hydrogen-bond acceptors (Lipinski definition) is 5. The van der Waals surface area contributed by atoms with Crippen molar-refractivity contribution in [3.05, 3.63) is 11.1 Å². The second-order valence-electron chi connectivity index (χ2n) is 6.29. The van der Waals surface area contributed by atoms with E-state index < -0.39 is 5.54 Å². The highest BCUT2D eigenvalue weighted by molar-refractivity contribution is 7.13. The van der Waals surface area contributed by atoms with Crippen LogP contribution in [0.25, 0.3) is 0 Å². The molecule has 0 aliphatic rings. The van der Waals surface area contributed by atoms with E-state index in [9.17, 15) is 9.59 Å². The molecule has 0 fully saturated rings. The summed E-state index contributed by atoms with van der Waals surface area (Å²) in [5.74, 6) is -0.0701. The summed E-state index contributed by atoms with van der Waals surface area (Å²) in [4.78, 5) is 28.0. The fourth-order valence-electron chi connectivity index (χ4n) is 1.65. The Morgan fingerprint density at radius 2 is 1.88 bits per heavy atom. The van der Waals surface area contributed by atoms with E-state index in [2.05, 4.69) is 15.6 Å². The van der Waals surface area contributed by atoms with Crippen LogP contribution in [-0.4, -0.2) is 28.9 Å². The number of aromatic nitrogens is 1. The predicted octanol–water partition coefficient (Wildman–Crippen LogP) is 2.61. The molecule has 0 aromatic carbocycles. The Bertz CT molecular complexity index is 537. The van der Waals surface area contributed by atoms with Crippen LogP contribution in [0, 0.1) is 11.8 Å². The van der Waals surface area contributed by atoms with Gasteiger partial charge >= 0.3 is 0 Å². The molecule has 140 valence electrons. The molecule has 2 amide bonds. The number of carbonyl (C=O) groups is 2. The number of nitrogens with two attached hydrogens (primary N) is 1. The van der Waals surface area contributed by atoms with Gasteiger partial charge in [0.2, 0.25) is 11.8 Å².